The Morgan fingerprint density at radius 3 is 2.53 bits per heavy atom. The van der Waals surface area contributed by atoms with Crippen LogP contribution in [0.3, 0.4) is 0 Å². The normalized spacial score (nSPS) is 11.4. The first-order chi connectivity index (χ1) is 8.84. The van der Waals surface area contributed by atoms with Crippen LogP contribution in [0.25, 0.3) is 0 Å². The van der Waals surface area contributed by atoms with Crippen molar-refractivity contribution in [2.45, 2.75) is 13.1 Å². The molecule has 19 heavy (non-hydrogen) atoms. The first kappa shape index (κ1) is 13.6. The zero-order valence-corrected chi connectivity index (χ0v) is 10.5. The van der Waals surface area contributed by atoms with Crippen LogP contribution >= 0.6 is 11.6 Å². The minimum Gasteiger partial charge on any atom is -0.340 e. The maximum Gasteiger partial charge on any atom is 0.416 e. The van der Waals surface area contributed by atoms with Gasteiger partial charge in [0.1, 0.15) is 16.8 Å². The van der Waals surface area contributed by atoms with E-state index in [0.29, 0.717) is 11.6 Å². The van der Waals surface area contributed by atoms with Crippen LogP contribution in [0.1, 0.15) is 11.4 Å². The predicted molar refractivity (Wildman–Crippen MR) is 66.5 cm³/mol. The number of aryl methyl sites for hydroxylation is 1. The number of nitrogens with one attached hydrogen (secondary N) is 1. The second-order valence-corrected chi connectivity index (χ2v) is 4.21. The van der Waals surface area contributed by atoms with Crippen molar-refractivity contribution >= 4 is 23.1 Å². The van der Waals surface area contributed by atoms with Crippen LogP contribution in [0, 0.1) is 6.92 Å². The molecule has 0 saturated carbocycles. The van der Waals surface area contributed by atoms with E-state index in [1.807, 2.05) is 0 Å². The van der Waals surface area contributed by atoms with Crippen molar-refractivity contribution in [1.29, 1.82) is 0 Å². The summed E-state index contributed by atoms with van der Waals surface area (Å²) in [5.74, 6) is 0.777. The third-order valence-corrected chi connectivity index (χ3v) is 2.46. The molecule has 7 heteroatoms. The van der Waals surface area contributed by atoms with Gasteiger partial charge >= 0.3 is 6.18 Å². The summed E-state index contributed by atoms with van der Waals surface area (Å²) in [4.78, 5) is 7.90. The van der Waals surface area contributed by atoms with Gasteiger partial charge in [-0.3, -0.25) is 0 Å². The van der Waals surface area contributed by atoms with E-state index < -0.39 is 11.7 Å². The van der Waals surface area contributed by atoms with Gasteiger partial charge in [0.2, 0.25) is 0 Å². The number of alkyl halides is 3. The predicted octanol–water partition coefficient (Wildman–Crippen LogP) is 4.20. The van der Waals surface area contributed by atoms with Crippen LogP contribution < -0.4 is 5.32 Å². The molecular formula is C12H9ClF3N3. The highest BCUT2D eigenvalue weighted by Gasteiger charge is 2.30. The minimum atomic E-state index is -4.38. The van der Waals surface area contributed by atoms with E-state index in [0.717, 1.165) is 12.1 Å². The first-order valence-corrected chi connectivity index (χ1v) is 5.68. The van der Waals surface area contributed by atoms with Crippen molar-refractivity contribution in [2.75, 3.05) is 5.32 Å². The molecule has 3 nitrogen and oxygen atoms in total. The standard InChI is InChI=1S/C12H9ClF3N3/c1-7-17-10(13)6-11(18-7)19-9-4-2-3-8(5-9)12(14,15)16/h2-6H,1H3,(H,17,18,19). The molecule has 0 amide bonds. The molecule has 0 aliphatic rings. The summed E-state index contributed by atoms with van der Waals surface area (Å²) in [7, 11) is 0. The number of hydrogen-bond donors (Lipinski definition) is 1. The summed E-state index contributed by atoms with van der Waals surface area (Å²) in [6.07, 6.45) is -4.38. The average Bonchev–Trinajstić information content (AvgIpc) is 2.26. The molecule has 1 heterocycles. The molecule has 0 aliphatic heterocycles. The highest BCUT2D eigenvalue weighted by Crippen LogP contribution is 2.31. The Balaban J connectivity index is 2.28. The molecule has 1 aromatic carbocycles. The summed E-state index contributed by atoms with van der Waals surface area (Å²) in [6.45, 7) is 1.64. The topological polar surface area (TPSA) is 37.8 Å². The smallest absolute Gasteiger partial charge is 0.340 e. The van der Waals surface area contributed by atoms with Gasteiger partial charge in [0.25, 0.3) is 0 Å². The lowest BCUT2D eigenvalue weighted by Crippen LogP contribution is -2.05. The third-order valence-electron chi connectivity index (χ3n) is 2.27. The molecule has 2 rings (SSSR count). The van der Waals surface area contributed by atoms with E-state index in [4.69, 9.17) is 11.6 Å². The minimum absolute atomic E-state index is 0.224. The Hall–Kier alpha value is -1.82. The maximum absolute atomic E-state index is 12.6. The van der Waals surface area contributed by atoms with Crippen LogP contribution in [-0.4, -0.2) is 9.97 Å². The molecule has 0 atom stereocenters. The number of halogens is 4. The van der Waals surface area contributed by atoms with E-state index in [1.54, 1.807) is 6.92 Å². The van der Waals surface area contributed by atoms with Gasteiger partial charge in [-0.15, -0.1) is 0 Å². The fourth-order valence-corrected chi connectivity index (χ4v) is 1.74. The van der Waals surface area contributed by atoms with Crippen LogP contribution in [-0.2, 0) is 6.18 Å². The van der Waals surface area contributed by atoms with Gasteiger partial charge in [0.15, 0.2) is 0 Å². The van der Waals surface area contributed by atoms with Crippen molar-refractivity contribution in [1.82, 2.24) is 9.97 Å². The molecular weight excluding hydrogens is 279 g/mol. The molecule has 0 unspecified atom stereocenters. The SMILES string of the molecule is Cc1nc(Cl)cc(Nc2cccc(C(F)(F)F)c2)n1. The molecule has 0 bridgehead atoms. The third kappa shape index (κ3) is 3.57. The molecule has 0 spiro atoms. The van der Waals surface area contributed by atoms with E-state index in [9.17, 15) is 13.2 Å². The van der Waals surface area contributed by atoms with Gasteiger partial charge in [-0.1, -0.05) is 17.7 Å². The van der Waals surface area contributed by atoms with Crippen molar-refractivity contribution in [3.63, 3.8) is 0 Å². The average molecular weight is 288 g/mol. The van der Waals surface area contributed by atoms with E-state index >= 15 is 0 Å². The second kappa shape index (κ2) is 5.05. The molecule has 1 N–H and O–H groups in total. The molecule has 1 aromatic heterocycles. The summed E-state index contributed by atoms with van der Waals surface area (Å²) < 4.78 is 37.7. The lowest BCUT2D eigenvalue weighted by Gasteiger charge is -2.10. The lowest BCUT2D eigenvalue weighted by atomic mass is 10.2. The molecule has 0 radical (unpaired) electrons. The highest BCUT2D eigenvalue weighted by atomic mass is 35.5. The largest absolute Gasteiger partial charge is 0.416 e. The van der Waals surface area contributed by atoms with Gasteiger partial charge in [-0.25, -0.2) is 9.97 Å². The zero-order valence-electron chi connectivity index (χ0n) is 9.79. The second-order valence-electron chi connectivity index (χ2n) is 3.83. The van der Waals surface area contributed by atoms with E-state index in [-0.39, 0.29) is 10.8 Å². The summed E-state index contributed by atoms with van der Waals surface area (Å²) in [6, 6.07) is 6.28. The molecule has 100 valence electrons. The summed E-state index contributed by atoms with van der Waals surface area (Å²) in [5, 5.41) is 2.99. The Morgan fingerprint density at radius 2 is 1.89 bits per heavy atom. The van der Waals surface area contributed by atoms with Crippen molar-refractivity contribution in [3.05, 3.63) is 46.9 Å². The van der Waals surface area contributed by atoms with Gasteiger partial charge < -0.3 is 5.32 Å². The quantitative estimate of drug-likeness (QED) is 0.841. The molecule has 0 fully saturated rings. The molecule has 0 saturated heterocycles. The van der Waals surface area contributed by atoms with Gasteiger partial charge in [0.05, 0.1) is 5.56 Å². The fourth-order valence-electron chi connectivity index (χ4n) is 1.52. The highest BCUT2D eigenvalue weighted by molar-refractivity contribution is 6.29. The molecule has 0 aliphatic carbocycles. The van der Waals surface area contributed by atoms with E-state index in [2.05, 4.69) is 15.3 Å². The van der Waals surface area contributed by atoms with Crippen LogP contribution in [0.15, 0.2) is 30.3 Å². The number of rotatable bonds is 2. The molecule has 2 aromatic rings. The maximum atomic E-state index is 12.6. The fraction of sp³-hybridized carbons (Fsp3) is 0.167. The van der Waals surface area contributed by atoms with Crippen LogP contribution in [0.5, 0.6) is 0 Å². The number of nitrogens with zero attached hydrogens (tertiary/aromatic N) is 2. The number of hydrogen-bond acceptors (Lipinski definition) is 3. The van der Waals surface area contributed by atoms with Gasteiger partial charge in [-0.2, -0.15) is 13.2 Å². The number of aromatic nitrogens is 2. The van der Waals surface area contributed by atoms with Gasteiger partial charge in [-0.05, 0) is 25.1 Å². The Bertz CT molecular complexity index is 579. The lowest BCUT2D eigenvalue weighted by molar-refractivity contribution is -0.137. The van der Waals surface area contributed by atoms with Gasteiger partial charge in [0, 0.05) is 11.8 Å². The first-order valence-electron chi connectivity index (χ1n) is 5.30. The Kier molecular flexibility index (Phi) is 3.61. The summed E-state index contributed by atoms with van der Waals surface area (Å²) >= 11 is 5.75. The van der Waals surface area contributed by atoms with Crippen LogP contribution in [0.2, 0.25) is 5.15 Å². The number of anilines is 2. The van der Waals surface area contributed by atoms with Crippen molar-refractivity contribution in [2.24, 2.45) is 0 Å². The zero-order chi connectivity index (χ0) is 14.0. The van der Waals surface area contributed by atoms with E-state index in [1.165, 1.54) is 18.2 Å². The number of benzene rings is 1. The monoisotopic (exact) mass is 287 g/mol. The van der Waals surface area contributed by atoms with Crippen molar-refractivity contribution < 1.29 is 13.2 Å². The van der Waals surface area contributed by atoms with Crippen LogP contribution in [0.4, 0.5) is 24.7 Å². The Labute approximate surface area is 112 Å². The van der Waals surface area contributed by atoms with Crippen molar-refractivity contribution in [3.8, 4) is 0 Å². The summed E-state index contributed by atoms with van der Waals surface area (Å²) in [5.41, 5.74) is -0.446. The Morgan fingerprint density at radius 1 is 1.16 bits per heavy atom.